The maximum Gasteiger partial charge on any atom is 0.329 e. The Balaban J connectivity index is 0.939. The fourth-order valence-electron chi connectivity index (χ4n) is 7.03. The molecule has 0 aliphatic carbocycles. The van der Waals surface area contributed by atoms with Crippen molar-refractivity contribution in [2.45, 2.75) is 55.5 Å². The van der Waals surface area contributed by atoms with Crippen LogP contribution in [-0.4, -0.2) is 95.2 Å². The number of amides is 3. The summed E-state index contributed by atoms with van der Waals surface area (Å²) in [5.41, 5.74) is 3.17. The molecule has 15 heteroatoms. The van der Waals surface area contributed by atoms with Gasteiger partial charge in [-0.05, 0) is 80.1 Å². The van der Waals surface area contributed by atoms with Crippen molar-refractivity contribution in [2.75, 3.05) is 50.1 Å². The highest BCUT2D eigenvalue weighted by Gasteiger charge is 2.31. The number of rotatable bonds is 9. The van der Waals surface area contributed by atoms with Gasteiger partial charge in [-0.25, -0.2) is 23.2 Å². The number of urea groups is 1. The Labute approximate surface area is 285 Å². The number of nitrogens with zero attached hydrogens (tertiary/aromatic N) is 7. The Bertz CT molecular complexity index is 1950. The van der Waals surface area contributed by atoms with Gasteiger partial charge in [0.1, 0.15) is 0 Å². The van der Waals surface area contributed by atoms with Gasteiger partial charge in [0.25, 0.3) is 0 Å². The van der Waals surface area contributed by atoms with Gasteiger partial charge in [0, 0.05) is 51.1 Å². The maximum atomic E-state index is 13.6. The molecule has 5 heterocycles. The molecule has 0 atom stereocenters. The van der Waals surface area contributed by atoms with E-state index in [2.05, 4.69) is 42.7 Å². The molecular formula is C34H41N9O5S. The van der Waals surface area contributed by atoms with Crippen molar-refractivity contribution in [1.82, 2.24) is 34.3 Å². The number of methoxy groups -OCH3 is 1. The van der Waals surface area contributed by atoms with Crippen LogP contribution in [0.4, 0.5) is 16.6 Å². The van der Waals surface area contributed by atoms with Crippen molar-refractivity contribution in [3.8, 4) is 5.75 Å². The summed E-state index contributed by atoms with van der Waals surface area (Å²) in [5.74, 6) is 1.77. The minimum absolute atomic E-state index is 0.0912. The first-order valence-electron chi connectivity index (χ1n) is 16.7. The number of carbonyl (C=O) groups excluding carboxylic acids is 2. The normalized spacial score (nSPS) is 18.9. The van der Waals surface area contributed by atoms with Gasteiger partial charge >= 0.3 is 6.03 Å². The van der Waals surface area contributed by atoms with E-state index in [1.54, 1.807) is 34.6 Å². The maximum absolute atomic E-state index is 13.6. The fourth-order valence-corrected chi connectivity index (χ4v) is 8.57. The van der Waals surface area contributed by atoms with Crippen LogP contribution < -0.4 is 20.3 Å². The number of aryl methyl sites for hydroxylation is 1. The third kappa shape index (κ3) is 6.96. The Kier molecular flexibility index (Phi) is 9.22. The number of carbonyl (C=O) groups is 2. The molecule has 0 unspecified atom stereocenters. The minimum Gasteiger partial charge on any atom is -0.494 e. The van der Waals surface area contributed by atoms with E-state index < -0.39 is 16.1 Å². The van der Waals surface area contributed by atoms with Crippen molar-refractivity contribution < 1.29 is 22.7 Å². The Morgan fingerprint density at radius 2 is 1.71 bits per heavy atom. The lowest BCUT2D eigenvalue weighted by Gasteiger charge is -2.33. The Morgan fingerprint density at radius 1 is 0.959 bits per heavy atom. The van der Waals surface area contributed by atoms with Gasteiger partial charge in [0.2, 0.25) is 21.9 Å². The van der Waals surface area contributed by atoms with Gasteiger partial charge in [-0.2, -0.15) is 9.40 Å². The van der Waals surface area contributed by atoms with Gasteiger partial charge in [-0.1, -0.05) is 18.2 Å². The Hall–Kier alpha value is -4.60. The molecule has 0 radical (unpaired) electrons. The summed E-state index contributed by atoms with van der Waals surface area (Å²) >= 11 is 0. The van der Waals surface area contributed by atoms with Crippen LogP contribution in [-0.2, 0) is 28.4 Å². The number of ether oxygens (including phenoxy) is 1. The molecule has 3 aliphatic rings. The van der Waals surface area contributed by atoms with E-state index in [1.807, 2.05) is 31.3 Å². The quantitative estimate of drug-likeness (QED) is 0.267. The number of anilines is 2. The summed E-state index contributed by atoms with van der Waals surface area (Å²) in [6, 6.07) is 13.3. The van der Waals surface area contributed by atoms with Crippen LogP contribution in [0.3, 0.4) is 0 Å². The summed E-state index contributed by atoms with van der Waals surface area (Å²) in [5, 5.41) is 11.2. The van der Waals surface area contributed by atoms with Crippen LogP contribution in [0.2, 0.25) is 0 Å². The molecule has 258 valence electrons. The van der Waals surface area contributed by atoms with Crippen LogP contribution in [0, 0.1) is 0 Å². The number of hydrogen-bond donors (Lipinski definition) is 2. The zero-order valence-electron chi connectivity index (χ0n) is 27.7. The van der Waals surface area contributed by atoms with E-state index in [0.717, 1.165) is 42.4 Å². The minimum atomic E-state index is -3.62. The topological polar surface area (TPSA) is 155 Å². The monoisotopic (exact) mass is 687 g/mol. The SMILES string of the molecule is COc1cnc(NC2CCN(S(=O)(=O)c3cccc(CN4CCC(c5ccc6c(N7CCC(=O)NC7=O)nn(C)c6c5)CC4)c3)CC2)nc1. The van der Waals surface area contributed by atoms with Crippen molar-refractivity contribution in [3.63, 3.8) is 0 Å². The van der Waals surface area contributed by atoms with Crippen LogP contribution in [0.15, 0.2) is 59.8 Å². The molecule has 2 N–H and O–H groups in total. The van der Waals surface area contributed by atoms with E-state index in [0.29, 0.717) is 67.3 Å². The second-order valence-electron chi connectivity index (χ2n) is 12.9. The molecule has 3 amide bonds. The molecule has 14 nitrogen and oxygen atoms in total. The first-order valence-corrected chi connectivity index (χ1v) is 18.1. The molecule has 49 heavy (non-hydrogen) atoms. The molecule has 4 aromatic rings. The molecule has 3 fully saturated rings. The van der Waals surface area contributed by atoms with Gasteiger partial charge in [0.15, 0.2) is 11.6 Å². The average Bonchev–Trinajstić information content (AvgIpc) is 3.44. The predicted molar refractivity (Wildman–Crippen MR) is 184 cm³/mol. The molecule has 0 spiro atoms. The largest absolute Gasteiger partial charge is 0.494 e. The standard InChI is InChI=1S/C34H41N9O5S/c1-40-30-19-25(6-7-29(30)32(39-40)43-17-12-31(44)38-34(43)45)24-8-13-41(14-9-24)22-23-4-3-5-28(18-23)49(46,47)42-15-10-26(11-16-42)37-33-35-20-27(48-2)21-36-33/h3-7,18-21,24,26H,8-17,22H2,1-2H3,(H,35,36,37)(H,38,44,45). The first-order chi connectivity index (χ1) is 23.7. The fraction of sp³-hybridized carbons (Fsp3) is 0.441. The number of likely N-dealkylation sites (tertiary alicyclic amines) is 1. The van der Waals surface area contributed by atoms with Crippen LogP contribution >= 0.6 is 0 Å². The summed E-state index contributed by atoms with van der Waals surface area (Å²) < 4.78 is 35.7. The second-order valence-corrected chi connectivity index (χ2v) is 14.9. The van der Waals surface area contributed by atoms with E-state index in [4.69, 9.17) is 4.74 Å². The highest BCUT2D eigenvalue weighted by atomic mass is 32.2. The molecule has 0 saturated carbocycles. The average molecular weight is 688 g/mol. The molecule has 2 aromatic carbocycles. The Morgan fingerprint density at radius 3 is 2.43 bits per heavy atom. The highest BCUT2D eigenvalue weighted by molar-refractivity contribution is 7.89. The smallest absolute Gasteiger partial charge is 0.329 e. The van der Waals surface area contributed by atoms with Gasteiger partial charge < -0.3 is 10.1 Å². The molecule has 3 aliphatic heterocycles. The van der Waals surface area contributed by atoms with E-state index in [-0.39, 0.29) is 18.4 Å². The number of fused-ring (bicyclic) bond motifs is 1. The number of hydrogen-bond acceptors (Lipinski definition) is 10. The van der Waals surface area contributed by atoms with Gasteiger partial charge in [-0.3, -0.25) is 24.6 Å². The molecule has 0 bridgehead atoms. The molecule has 2 aromatic heterocycles. The van der Waals surface area contributed by atoms with E-state index in [1.165, 1.54) is 10.5 Å². The number of sulfonamides is 1. The number of imide groups is 1. The number of aromatic nitrogens is 4. The lowest BCUT2D eigenvalue weighted by atomic mass is 9.89. The molecular weight excluding hydrogens is 646 g/mol. The first kappa shape index (κ1) is 32.9. The van der Waals surface area contributed by atoms with E-state index in [9.17, 15) is 18.0 Å². The van der Waals surface area contributed by atoms with Crippen LogP contribution in [0.25, 0.3) is 10.9 Å². The number of nitrogens with one attached hydrogen (secondary N) is 2. The second kappa shape index (κ2) is 13.7. The van der Waals surface area contributed by atoms with Gasteiger partial charge in [0.05, 0.1) is 29.9 Å². The van der Waals surface area contributed by atoms with Crippen molar-refractivity contribution in [3.05, 3.63) is 66.0 Å². The number of piperidine rings is 2. The third-order valence-electron chi connectivity index (χ3n) is 9.82. The van der Waals surface area contributed by atoms with E-state index >= 15 is 0 Å². The summed E-state index contributed by atoms with van der Waals surface area (Å²) in [6.07, 6.45) is 6.75. The van der Waals surface area contributed by atoms with Crippen molar-refractivity contribution in [2.24, 2.45) is 7.05 Å². The molecule has 3 saturated heterocycles. The summed E-state index contributed by atoms with van der Waals surface area (Å²) in [4.78, 5) is 36.9. The van der Waals surface area contributed by atoms with Crippen LogP contribution in [0.5, 0.6) is 5.75 Å². The lowest BCUT2D eigenvalue weighted by Crippen LogP contribution is -2.49. The zero-order chi connectivity index (χ0) is 34.1. The lowest BCUT2D eigenvalue weighted by molar-refractivity contribution is -0.120. The van der Waals surface area contributed by atoms with Gasteiger partial charge in [-0.15, -0.1) is 0 Å². The predicted octanol–water partition coefficient (Wildman–Crippen LogP) is 3.46. The zero-order valence-corrected chi connectivity index (χ0v) is 28.5. The van der Waals surface area contributed by atoms with Crippen molar-refractivity contribution >= 4 is 44.6 Å². The third-order valence-corrected chi connectivity index (χ3v) is 11.7. The van der Waals surface area contributed by atoms with Crippen molar-refractivity contribution in [1.29, 1.82) is 0 Å². The number of benzene rings is 2. The summed E-state index contributed by atoms with van der Waals surface area (Å²) in [7, 11) is -0.177. The summed E-state index contributed by atoms with van der Waals surface area (Å²) in [6.45, 7) is 3.65. The highest BCUT2D eigenvalue weighted by Crippen LogP contribution is 2.34. The molecule has 7 rings (SSSR count). The van der Waals surface area contributed by atoms with Crippen LogP contribution in [0.1, 0.15) is 49.1 Å².